The lowest BCUT2D eigenvalue weighted by molar-refractivity contribution is -0.142. The van der Waals surface area contributed by atoms with Gasteiger partial charge in [-0.05, 0) is 49.1 Å². The normalized spacial score (nSPS) is 14.9. The van der Waals surface area contributed by atoms with E-state index in [4.69, 9.17) is 17.3 Å². The van der Waals surface area contributed by atoms with Crippen LogP contribution >= 0.6 is 22.9 Å². The quantitative estimate of drug-likeness (QED) is 0.223. The molecule has 0 radical (unpaired) electrons. The van der Waals surface area contributed by atoms with Crippen LogP contribution in [-0.2, 0) is 17.1 Å². The fraction of sp³-hybridized carbons (Fsp3) is 0.280. The number of amides is 2. The van der Waals surface area contributed by atoms with Gasteiger partial charge in [-0.15, -0.1) is 11.3 Å². The molecule has 0 saturated heterocycles. The van der Waals surface area contributed by atoms with Crippen LogP contribution in [0.1, 0.15) is 58.5 Å². The number of primary amides is 1. The predicted octanol–water partition coefficient (Wildman–Crippen LogP) is 7.17. The van der Waals surface area contributed by atoms with E-state index in [2.05, 4.69) is 15.4 Å². The van der Waals surface area contributed by atoms with Crippen LogP contribution in [0, 0.1) is 5.82 Å². The van der Waals surface area contributed by atoms with Gasteiger partial charge in [0.05, 0.1) is 16.4 Å². The Morgan fingerprint density at radius 3 is 2.29 bits per heavy atom. The highest BCUT2D eigenvalue weighted by atomic mass is 35.5. The number of anilines is 1. The molecule has 41 heavy (non-hydrogen) atoms. The summed E-state index contributed by atoms with van der Waals surface area (Å²) in [6.45, 7) is 1.25. The number of nitrogens with two attached hydrogens (primary N) is 1. The Balaban J connectivity index is 1.65. The maximum atomic E-state index is 13.7. The summed E-state index contributed by atoms with van der Waals surface area (Å²) < 4.78 is 96.1. The molecule has 1 aliphatic carbocycles. The van der Waals surface area contributed by atoms with Crippen molar-refractivity contribution in [2.24, 2.45) is 5.73 Å². The van der Waals surface area contributed by atoms with Crippen LogP contribution in [-0.4, -0.2) is 26.6 Å². The van der Waals surface area contributed by atoms with E-state index in [9.17, 15) is 40.3 Å². The summed E-state index contributed by atoms with van der Waals surface area (Å²) in [5.74, 6) is -3.07. The molecule has 1 unspecified atom stereocenters. The molecule has 0 bridgehead atoms. The van der Waals surface area contributed by atoms with Gasteiger partial charge in [0.15, 0.2) is 5.69 Å². The number of hydrogen-bond donors (Lipinski definition) is 2. The van der Waals surface area contributed by atoms with Gasteiger partial charge < -0.3 is 11.1 Å². The molecule has 7 nitrogen and oxygen atoms in total. The van der Waals surface area contributed by atoms with Crippen molar-refractivity contribution in [1.29, 1.82) is 0 Å². The predicted molar refractivity (Wildman–Crippen MR) is 136 cm³/mol. The first-order valence-corrected chi connectivity index (χ1v) is 13.0. The lowest BCUT2D eigenvalue weighted by atomic mass is 10.0. The van der Waals surface area contributed by atoms with Crippen molar-refractivity contribution in [3.63, 3.8) is 0 Å². The maximum absolute atomic E-state index is 13.7. The molecule has 1 saturated carbocycles. The van der Waals surface area contributed by atoms with Crippen LogP contribution in [0.5, 0.6) is 0 Å². The molecular weight excluding hydrogens is 603 g/mol. The summed E-state index contributed by atoms with van der Waals surface area (Å²) in [6.07, 6.45) is -8.72. The first-order valence-electron chi connectivity index (χ1n) is 11.8. The highest BCUT2D eigenvalue weighted by Gasteiger charge is 2.43. The monoisotopic (exact) mass is 619 g/mol. The molecule has 216 valence electrons. The van der Waals surface area contributed by atoms with Crippen LogP contribution in [0.15, 0.2) is 30.3 Å². The van der Waals surface area contributed by atoms with Crippen molar-refractivity contribution in [2.75, 3.05) is 5.32 Å². The molecule has 0 spiro atoms. The second kappa shape index (κ2) is 9.98. The van der Waals surface area contributed by atoms with Gasteiger partial charge in [0.1, 0.15) is 27.3 Å². The number of halogens is 8. The molecule has 16 heteroatoms. The summed E-state index contributed by atoms with van der Waals surface area (Å²) in [5.41, 5.74) is 2.49. The van der Waals surface area contributed by atoms with Gasteiger partial charge in [0.25, 0.3) is 5.91 Å². The molecule has 1 aliphatic rings. The van der Waals surface area contributed by atoms with Crippen molar-refractivity contribution in [3.05, 3.63) is 63.1 Å². The second-order valence-electron chi connectivity index (χ2n) is 9.34. The molecule has 4 aromatic rings. The number of aromatic nitrogens is 3. The Morgan fingerprint density at radius 1 is 1.12 bits per heavy atom. The first-order chi connectivity index (χ1) is 19.1. The first kappa shape index (κ1) is 28.8. The largest absolute Gasteiger partial charge is 0.436 e. The molecular formula is C25H17ClF7N5O2S. The minimum atomic E-state index is -4.90. The third-order valence-electron chi connectivity index (χ3n) is 6.45. The zero-order valence-electron chi connectivity index (χ0n) is 20.6. The number of carbonyl (C=O) groups is 2. The number of nitrogens with one attached hydrogen (secondary N) is 1. The second-order valence-corrected chi connectivity index (χ2v) is 10.7. The Kier molecular flexibility index (Phi) is 7.01. The van der Waals surface area contributed by atoms with Gasteiger partial charge in [0, 0.05) is 11.3 Å². The summed E-state index contributed by atoms with van der Waals surface area (Å²) >= 11 is 6.50. The van der Waals surface area contributed by atoms with Crippen molar-refractivity contribution in [3.8, 4) is 11.1 Å². The van der Waals surface area contributed by atoms with Gasteiger partial charge in [-0.25, -0.2) is 9.37 Å². The van der Waals surface area contributed by atoms with Crippen LogP contribution in [0.4, 0.5) is 36.4 Å². The van der Waals surface area contributed by atoms with Crippen molar-refractivity contribution < 1.29 is 40.3 Å². The maximum Gasteiger partial charge on any atom is 0.436 e. The highest BCUT2D eigenvalue weighted by Crippen LogP contribution is 2.48. The van der Waals surface area contributed by atoms with Crippen molar-refractivity contribution >= 4 is 50.7 Å². The summed E-state index contributed by atoms with van der Waals surface area (Å²) in [4.78, 5) is 28.7. The van der Waals surface area contributed by atoms with E-state index in [0.717, 1.165) is 16.8 Å². The number of pyridine rings is 1. The number of hydrogen-bond acceptors (Lipinski definition) is 5. The van der Waals surface area contributed by atoms with Crippen LogP contribution in [0.25, 0.3) is 21.3 Å². The van der Waals surface area contributed by atoms with E-state index in [1.807, 2.05) is 0 Å². The fourth-order valence-corrected chi connectivity index (χ4v) is 5.75. The minimum Gasteiger partial charge on any atom is -0.365 e. The van der Waals surface area contributed by atoms with E-state index in [1.165, 1.54) is 19.1 Å². The fourth-order valence-electron chi connectivity index (χ4n) is 4.36. The number of carbonyl (C=O) groups excluding carboxylic acids is 2. The Morgan fingerprint density at radius 2 is 1.76 bits per heavy atom. The summed E-state index contributed by atoms with van der Waals surface area (Å²) in [7, 11) is 0. The lowest BCUT2D eigenvalue weighted by Gasteiger charge is -2.17. The molecule has 1 aromatic carbocycles. The molecule has 2 amide bonds. The number of nitrogens with zero attached hydrogens (tertiary/aromatic N) is 3. The average Bonchev–Trinajstić information content (AvgIpc) is 3.55. The third-order valence-corrected chi connectivity index (χ3v) is 7.92. The molecule has 3 N–H and O–H groups in total. The van der Waals surface area contributed by atoms with Crippen LogP contribution < -0.4 is 11.1 Å². The van der Waals surface area contributed by atoms with Crippen molar-refractivity contribution in [1.82, 2.24) is 14.8 Å². The molecule has 5 rings (SSSR count). The Hall–Kier alpha value is -3.72. The van der Waals surface area contributed by atoms with Crippen LogP contribution in [0.3, 0.4) is 0 Å². The lowest BCUT2D eigenvalue weighted by Crippen LogP contribution is -2.27. The molecule has 0 aliphatic heterocycles. The SMILES string of the molecule is CC(C(=O)Nc1c(C(N)=O)sc2nc(C(F)(F)F)cc(-c3ccc(F)cc3)c12)n1nc(C(F)(F)F)c(Cl)c1C1CC1. The summed E-state index contributed by atoms with van der Waals surface area (Å²) in [5, 5.41) is 5.28. The topological polar surface area (TPSA) is 103 Å². The van der Waals surface area contributed by atoms with Gasteiger partial charge in [-0.2, -0.15) is 31.4 Å². The van der Waals surface area contributed by atoms with Gasteiger partial charge in [-0.1, -0.05) is 23.7 Å². The zero-order chi connectivity index (χ0) is 30.0. The van der Waals surface area contributed by atoms with E-state index in [-0.39, 0.29) is 43.5 Å². The number of thiophene rings is 1. The molecule has 1 atom stereocenters. The standard InChI is InChI=1S/C25H17ClF7N5O2S/c1-9(38-18(11-2-3-11)16(26)20(37-38)25(31,32)33)22(40)36-17-15-13(10-4-6-12(27)7-5-10)8-14(24(28,29)30)35-23(15)41-19(17)21(34)39/h4-9,11H,2-3H2,1H3,(H2,34,39)(H,36,40). The van der Waals surface area contributed by atoms with E-state index < -0.39 is 52.4 Å². The number of rotatable bonds is 6. The Labute approximate surface area is 235 Å². The molecule has 1 fully saturated rings. The number of alkyl halides is 6. The average molecular weight is 620 g/mol. The zero-order valence-corrected chi connectivity index (χ0v) is 22.2. The van der Waals surface area contributed by atoms with Gasteiger partial charge in [-0.3, -0.25) is 14.3 Å². The van der Waals surface area contributed by atoms with Crippen molar-refractivity contribution in [2.45, 2.75) is 44.1 Å². The highest BCUT2D eigenvalue weighted by molar-refractivity contribution is 7.21. The summed E-state index contributed by atoms with van der Waals surface area (Å²) in [6, 6.07) is 3.70. The molecule has 3 heterocycles. The third kappa shape index (κ3) is 5.35. The van der Waals surface area contributed by atoms with Crippen LogP contribution in [0.2, 0.25) is 5.02 Å². The van der Waals surface area contributed by atoms with Gasteiger partial charge >= 0.3 is 12.4 Å². The van der Waals surface area contributed by atoms with E-state index in [0.29, 0.717) is 30.2 Å². The van der Waals surface area contributed by atoms with Gasteiger partial charge in [0.2, 0.25) is 5.91 Å². The number of fused-ring (bicyclic) bond motifs is 1. The Bertz CT molecular complexity index is 1690. The number of benzene rings is 1. The van der Waals surface area contributed by atoms with E-state index >= 15 is 0 Å². The smallest absolute Gasteiger partial charge is 0.365 e. The van der Waals surface area contributed by atoms with E-state index in [1.54, 1.807) is 0 Å². The molecule has 3 aromatic heterocycles. The minimum absolute atomic E-state index is 0.0235.